The van der Waals surface area contributed by atoms with Crippen LogP contribution >= 0.6 is 15.6 Å². The zero-order valence-corrected chi connectivity index (χ0v) is 65.4. The third-order valence-electron chi connectivity index (χ3n) is 17.2. The van der Waals surface area contributed by atoms with Crippen LogP contribution in [0.25, 0.3) is 0 Å². The predicted octanol–water partition coefficient (Wildman–Crippen LogP) is 23.2. The highest BCUT2D eigenvalue weighted by Crippen LogP contribution is 2.45. The lowest BCUT2D eigenvalue weighted by Gasteiger charge is -2.21. The number of carbonyl (C=O) groups excluding carboxylic acids is 4. The van der Waals surface area contributed by atoms with Crippen LogP contribution in [0, 0.1) is 0 Å². The van der Waals surface area contributed by atoms with Crippen LogP contribution in [-0.2, 0) is 65.4 Å². The van der Waals surface area contributed by atoms with Crippen LogP contribution in [0.15, 0.2) is 72.9 Å². The van der Waals surface area contributed by atoms with Gasteiger partial charge in [0.2, 0.25) is 0 Å². The SMILES string of the molecule is CC/C=C\C/C=C\C/C=C\C/C=C\CCCCCCC(=O)OCC(COP(=O)(O)OCC(O)COP(=O)(O)OCC(COC(=O)CCCCCCC/C=C\C/C=C\CCCCC)OC(=O)CCCCCCCCCCCCCCC)OC(=O)CCCCCCCCCCCCCCCCC. The summed E-state index contributed by atoms with van der Waals surface area (Å²) in [5, 5.41) is 10.6. The van der Waals surface area contributed by atoms with E-state index in [1.54, 1.807) is 0 Å². The zero-order valence-electron chi connectivity index (χ0n) is 63.6. The number of aliphatic hydroxyl groups excluding tert-OH is 1. The summed E-state index contributed by atoms with van der Waals surface area (Å²) in [6.45, 7) is 4.76. The Labute approximate surface area is 609 Å². The largest absolute Gasteiger partial charge is 0.472 e. The van der Waals surface area contributed by atoms with Gasteiger partial charge in [0.05, 0.1) is 26.4 Å². The van der Waals surface area contributed by atoms with Gasteiger partial charge in [-0.1, -0.05) is 312 Å². The highest BCUT2D eigenvalue weighted by atomic mass is 31.2. The van der Waals surface area contributed by atoms with Crippen molar-refractivity contribution in [1.82, 2.24) is 0 Å². The van der Waals surface area contributed by atoms with Gasteiger partial charge in [0.15, 0.2) is 12.2 Å². The predicted molar refractivity (Wildman–Crippen MR) is 409 cm³/mol. The van der Waals surface area contributed by atoms with Crippen LogP contribution in [0.2, 0.25) is 0 Å². The number of rotatable bonds is 76. The van der Waals surface area contributed by atoms with Crippen molar-refractivity contribution < 1.29 is 80.2 Å². The first kappa shape index (κ1) is 96.5. The third-order valence-corrected chi connectivity index (χ3v) is 19.1. The monoisotopic (exact) mass is 1450 g/mol. The van der Waals surface area contributed by atoms with Gasteiger partial charge in [0, 0.05) is 25.7 Å². The second-order valence-corrected chi connectivity index (χ2v) is 29.9. The van der Waals surface area contributed by atoms with Crippen LogP contribution in [0.1, 0.15) is 362 Å². The summed E-state index contributed by atoms with van der Waals surface area (Å²) in [7, 11) is -9.95. The maximum atomic E-state index is 13.1. The smallest absolute Gasteiger partial charge is 0.462 e. The molecule has 3 N–H and O–H groups in total. The summed E-state index contributed by atoms with van der Waals surface area (Å²) < 4.78 is 68.6. The molecular weight excluding hydrogens is 1310 g/mol. The first-order chi connectivity index (χ1) is 48.7. The first-order valence-corrected chi connectivity index (χ1v) is 43.2. The average Bonchev–Trinajstić information content (AvgIpc) is 1.06. The molecule has 0 aliphatic rings. The summed E-state index contributed by atoms with van der Waals surface area (Å²) in [6.07, 6.45) is 74.4. The minimum atomic E-state index is -4.98. The quantitative estimate of drug-likeness (QED) is 0.0169. The van der Waals surface area contributed by atoms with E-state index in [1.807, 2.05) is 0 Å². The summed E-state index contributed by atoms with van der Waals surface area (Å²) in [5.74, 6) is -2.18. The fourth-order valence-electron chi connectivity index (χ4n) is 11.1. The Hall–Kier alpha value is -3.50. The van der Waals surface area contributed by atoms with Crippen molar-refractivity contribution in [2.45, 2.75) is 380 Å². The zero-order chi connectivity index (χ0) is 73.2. The Bertz CT molecular complexity index is 2180. The van der Waals surface area contributed by atoms with Gasteiger partial charge in [0.25, 0.3) is 0 Å². The molecule has 582 valence electrons. The lowest BCUT2D eigenvalue weighted by atomic mass is 10.0. The van der Waals surface area contributed by atoms with Crippen LogP contribution in [0.4, 0.5) is 0 Å². The lowest BCUT2D eigenvalue weighted by Crippen LogP contribution is -2.30. The average molecular weight is 1450 g/mol. The Balaban J connectivity index is 5.34. The van der Waals surface area contributed by atoms with Gasteiger partial charge < -0.3 is 33.8 Å². The number of phosphoric acid groups is 2. The molecule has 0 aliphatic carbocycles. The molecule has 0 aliphatic heterocycles. The Morgan fingerprint density at radius 3 is 0.820 bits per heavy atom. The molecule has 0 amide bonds. The number of hydrogen-bond acceptors (Lipinski definition) is 15. The molecule has 0 heterocycles. The number of carbonyl (C=O) groups is 4. The number of hydrogen-bond donors (Lipinski definition) is 3. The van der Waals surface area contributed by atoms with Crippen molar-refractivity contribution in [2.75, 3.05) is 39.6 Å². The van der Waals surface area contributed by atoms with Crippen molar-refractivity contribution in [2.24, 2.45) is 0 Å². The molecule has 0 aromatic carbocycles. The molecule has 0 aromatic rings. The molecule has 19 heteroatoms. The summed E-state index contributed by atoms with van der Waals surface area (Å²) in [4.78, 5) is 73.0. The minimum Gasteiger partial charge on any atom is -0.462 e. The van der Waals surface area contributed by atoms with Gasteiger partial charge in [-0.15, -0.1) is 0 Å². The van der Waals surface area contributed by atoms with Gasteiger partial charge in [0.1, 0.15) is 19.3 Å². The normalized spacial score (nSPS) is 14.3. The Morgan fingerprint density at radius 1 is 0.290 bits per heavy atom. The molecule has 0 radical (unpaired) electrons. The van der Waals surface area contributed by atoms with E-state index in [4.69, 9.17) is 37.0 Å². The van der Waals surface area contributed by atoms with Gasteiger partial charge >= 0.3 is 39.5 Å². The van der Waals surface area contributed by atoms with Gasteiger partial charge in [-0.2, -0.15) is 0 Å². The summed E-state index contributed by atoms with van der Waals surface area (Å²) in [6, 6.07) is 0. The maximum absolute atomic E-state index is 13.1. The molecule has 0 fully saturated rings. The second kappa shape index (κ2) is 73.8. The fraction of sp³-hybridized carbons (Fsp3) is 0.802. The van der Waals surface area contributed by atoms with E-state index >= 15 is 0 Å². The van der Waals surface area contributed by atoms with E-state index in [2.05, 4.69) is 101 Å². The number of allylic oxidation sites excluding steroid dienone is 12. The Morgan fingerprint density at radius 2 is 0.520 bits per heavy atom. The number of unbranched alkanes of at least 4 members (excludes halogenated alkanes) is 38. The standard InChI is InChI=1S/C81H146O17P2/c1-5-9-13-17-21-25-29-33-36-37-40-43-46-50-54-58-62-66-79(84)92-72-77(98-81(86)68-64-60-56-52-48-44-39-35-31-27-23-19-15-11-7-3)74-96-100(89,90)94-70-75(82)69-93-99(87,88)95-73-76(97-80(85)67-63-59-55-51-47-41-32-28-24-20-16-12-8-4)71-91-78(83)65-61-57-53-49-45-42-38-34-30-26-22-18-14-10-6-2/h9,13,21-22,25-26,33-34,36,38,40,43,75-77,82H,5-8,10-12,14-20,23-24,27-32,35,37,39,41-42,44-74H2,1-4H3,(H,87,88)(H,89,90)/b13-9-,25-21-,26-22-,36-33-,38-34-,43-40-. The van der Waals surface area contributed by atoms with E-state index in [0.29, 0.717) is 25.7 Å². The van der Waals surface area contributed by atoms with E-state index < -0.39 is 97.5 Å². The van der Waals surface area contributed by atoms with Gasteiger partial charge in [-0.05, 0) is 96.3 Å². The van der Waals surface area contributed by atoms with E-state index in [9.17, 15) is 43.2 Å². The molecule has 0 saturated heterocycles. The van der Waals surface area contributed by atoms with Crippen LogP contribution < -0.4 is 0 Å². The molecule has 5 atom stereocenters. The highest BCUT2D eigenvalue weighted by molar-refractivity contribution is 7.47. The van der Waals surface area contributed by atoms with Crippen molar-refractivity contribution in [1.29, 1.82) is 0 Å². The van der Waals surface area contributed by atoms with E-state index in [0.717, 1.165) is 148 Å². The second-order valence-electron chi connectivity index (χ2n) is 27.0. The van der Waals surface area contributed by atoms with Gasteiger partial charge in [-0.25, -0.2) is 9.13 Å². The fourth-order valence-corrected chi connectivity index (χ4v) is 12.6. The first-order valence-electron chi connectivity index (χ1n) is 40.2. The molecule has 0 spiro atoms. The molecule has 100 heavy (non-hydrogen) atoms. The molecule has 0 bridgehead atoms. The molecule has 0 saturated carbocycles. The molecule has 0 aromatic heterocycles. The van der Waals surface area contributed by atoms with Crippen molar-refractivity contribution in [3.63, 3.8) is 0 Å². The number of aliphatic hydroxyl groups is 1. The van der Waals surface area contributed by atoms with Crippen LogP contribution in [-0.4, -0.2) is 96.7 Å². The van der Waals surface area contributed by atoms with Crippen molar-refractivity contribution in [3.8, 4) is 0 Å². The lowest BCUT2D eigenvalue weighted by molar-refractivity contribution is -0.161. The number of esters is 4. The van der Waals surface area contributed by atoms with E-state index in [1.165, 1.54) is 135 Å². The molecule has 5 unspecified atom stereocenters. The topological polar surface area (TPSA) is 237 Å². The number of ether oxygens (including phenoxy) is 4. The number of phosphoric ester groups is 2. The van der Waals surface area contributed by atoms with Crippen LogP contribution in [0.5, 0.6) is 0 Å². The van der Waals surface area contributed by atoms with Crippen molar-refractivity contribution in [3.05, 3.63) is 72.9 Å². The van der Waals surface area contributed by atoms with Crippen molar-refractivity contribution >= 4 is 39.5 Å². The summed E-state index contributed by atoms with van der Waals surface area (Å²) in [5.41, 5.74) is 0. The molecule has 0 rings (SSSR count). The molecule has 17 nitrogen and oxygen atoms in total. The van der Waals surface area contributed by atoms with E-state index in [-0.39, 0.29) is 25.7 Å². The van der Waals surface area contributed by atoms with Crippen LogP contribution in [0.3, 0.4) is 0 Å². The molecular formula is C81H146O17P2. The third kappa shape index (κ3) is 72.8. The Kier molecular flexibility index (Phi) is 71.2. The summed E-state index contributed by atoms with van der Waals surface area (Å²) >= 11 is 0. The minimum absolute atomic E-state index is 0.0947. The van der Waals surface area contributed by atoms with Gasteiger partial charge in [-0.3, -0.25) is 37.3 Å². The highest BCUT2D eigenvalue weighted by Gasteiger charge is 2.30. The maximum Gasteiger partial charge on any atom is 0.472 e.